The van der Waals surface area contributed by atoms with Crippen LogP contribution in [0.15, 0.2) is 12.1 Å². The first kappa shape index (κ1) is 7.98. The van der Waals surface area contributed by atoms with Crippen LogP contribution >= 0.6 is 0 Å². The molecule has 1 aromatic heterocycles. The summed E-state index contributed by atoms with van der Waals surface area (Å²) in [4.78, 5) is 4.06. The second-order valence-corrected chi connectivity index (χ2v) is 2.88. The molecule has 0 spiro atoms. The monoisotopic (exact) mass is 170 g/mol. The Morgan fingerprint density at radius 2 is 2.08 bits per heavy atom. The Hall–Kier alpha value is -1.65. The van der Waals surface area contributed by atoms with Gasteiger partial charge in [-0.05, 0) is 18.6 Å². The third-order valence-electron chi connectivity index (χ3n) is 1.79. The third-order valence-corrected chi connectivity index (χ3v) is 1.79. The molecular weight excluding hydrogens is 163 g/mol. The Morgan fingerprint density at radius 1 is 1.31 bits per heavy atom. The highest BCUT2D eigenvalue weighted by atomic mass is 15.2. The van der Waals surface area contributed by atoms with Crippen LogP contribution in [0.2, 0.25) is 0 Å². The molecule has 13 heavy (non-hydrogen) atoms. The standard InChI is InChI=1S/C8H7BN4/c1-4-2-5(9)3-6-7(4)11-8(10)13-12-6/h2-3H,1H3,(H2,10,11,13). The molecule has 0 amide bonds. The van der Waals surface area contributed by atoms with Crippen molar-refractivity contribution in [1.29, 1.82) is 0 Å². The highest BCUT2D eigenvalue weighted by Crippen LogP contribution is 2.11. The lowest BCUT2D eigenvalue weighted by molar-refractivity contribution is 1.04. The van der Waals surface area contributed by atoms with Gasteiger partial charge in [0.25, 0.3) is 0 Å². The van der Waals surface area contributed by atoms with Gasteiger partial charge in [-0.3, -0.25) is 0 Å². The number of aryl methyl sites for hydroxylation is 1. The number of rotatable bonds is 0. The van der Waals surface area contributed by atoms with E-state index in [2.05, 4.69) is 15.2 Å². The Balaban J connectivity index is 2.87. The van der Waals surface area contributed by atoms with Crippen molar-refractivity contribution in [3.05, 3.63) is 17.7 Å². The number of aromatic nitrogens is 3. The van der Waals surface area contributed by atoms with Crippen LogP contribution in [0.1, 0.15) is 5.56 Å². The van der Waals surface area contributed by atoms with Gasteiger partial charge in [0.1, 0.15) is 13.4 Å². The van der Waals surface area contributed by atoms with E-state index in [9.17, 15) is 0 Å². The minimum absolute atomic E-state index is 0.181. The van der Waals surface area contributed by atoms with E-state index < -0.39 is 0 Å². The number of anilines is 1. The first-order chi connectivity index (χ1) is 6.16. The number of fused-ring (bicyclic) bond motifs is 1. The van der Waals surface area contributed by atoms with Crippen LogP contribution in [0.25, 0.3) is 11.0 Å². The molecule has 2 N–H and O–H groups in total. The second kappa shape index (κ2) is 2.69. The van der Waals surface area contributed by atoms with Crippen LogP contribution in [0.5, 0.6) is 0 Å². The molecule has 0 saturated heterocycles. The Morgan fingerprint density at radius 3 is 2.85 bits per heavy atom. The summed E-state index contributed by atoms with van der Waals surface area (Å²) in [7, 11) is 5.64. The van der Waals surface area contributed by atoms with E-state index in [1.807, 2.05) is 13.0 Å². The molecule has 0 fully saturated rings. The molecule has 0 aliphatic carbocycles. The normalized spacial score (nSPS) is 10.5. The first-order valence-electron chi connectivity index (χ1n) is 3.83. The van der Waals surface area contributed by atoms with Crippen LogP contribution < -0.4 is 11.2 Å². The predicted octanol–water partition coefficient (Wildman–Crippen LogP) is -0.291. The van der Waals surface area contributed by atoms with Gasteiger partial charge in [-0.15, -0.1) is 10.2 Å². The molecule has 0 unspecified atom stereocenters. The van der Waals surface area contributed by atoms with Gasteiger partial charge in [-0.1, -0.05) is 11.5 Å². The van der Waals surface area contributed by atoms with Crippen molar-refractivity contribution in [3.8, 4) is 0 Å². The van der Waals surface area contributed by atoms with Crippen molar-refractivity contribution in [2.45, 2.75) is 6.92 Å². The average Bonchev–Trinajstić information content (AvgIpc) is 2.06. The van der Waals surface area contributed by atoms with Crippen molar-refractivity contribution >= 4 is 30.3 Å². The van der Waals surface area contributed by atoms with Gasteiger partial charge >= 0.3 is 0 Å². The maximum Gasteiger partial charge on any atom is 0.240 e. The third kappa shape index (κ3) is 1.33. The molecule has 2 rings (SSSR count). The summed E-state index contributed by atoms with van der Waals surface area (Å²) in [6.07, 6.45) is 0. The lowest BCUT2D eigenvalue weighted by Gasteiger charge is -2.01. The molecule has 1 heterocycles. The SMILES string of the molecule is [B]c1cc(C)c2nc(N)nnc2c1. The minimum Gasteiger partial charge on any atom is -0.366 e. The van der Waals surface area contributed by atoms with Gasteiger partial charge in [0, 0.05) is 0 Å². The molecule has 0 bridgehead atoms. The van der Waals surface area contributed by atoms with Gasteiger partial charge in [0.15, 0.2) is 0 Å². The Kier molecular flexibility index (Phi) is 1.65. The number of nitrogens with zero attached hydrogens (tertiary/aromatic N) is 3. The van der Waals surface area contributed by atoms with Gasteiger partial charge in [-0.2, -0.15) is 0 Å². The number of nitrogen functional groups attached to an aromatic ring is 1. The molecule has 0 aliphatic rings. The molecule has 62 valence electrons. The number of hydrogen-bond acceptors (Lipinski definition) is 4. The highest BCUT2D eigenvalue weighted by Gasteiger charge is 2.02. The summed E-state index contributed by atoms with van der Waals surface area (Å²) >= 11 is 0. The zero-order chi connectivity index (χ0) is 9.42. The summed E-state index contributed by atoms with van der Waals surface area (Å²) in [5.74, 6) is 0.181. The molecule has 0 atom stereocenters. The number of hydrogen-bond donors (Lipinski definition) is 1. The van der Waals surface area contributed by atoms with E-state index in [0.717, 1.165) is 11.1 Å². The van der Waals surface area contributed by atoms with E-state index in [1.54, 1.807) is 6.07 Å². The van der Waals surface area contributed by atoms with Crippen molar-refractivity contribution in [1.82, 2.24) is 15.2 Å². The molecule has 2 radical (unpaired) electrons. The van der Waals surface area contributed by atoms with Crippen LogP contribution in [0.4, 0.5) is 5.95 Å². The zero-order valence-corrected chi connectivity index (χ0v) is 7.15. The molecular formula is C8H7BN4. The number of benzene rings is 1. The highest BCUT2D eigenvalue weighted by molar-refractivity contribution is 6.33. The molecule has 4 nitrogen and oxygen atoms in total. The van der Waals surface area contributed by atoms with E-state index in [4.69, 9.17) is 13.6 Å². The lowest BCUT2D eigenvalue weighted by Crippen LogP contribution is -2.06. The molecule has 1 aromatic carbocycles. The van der Waals surface area contributed by atoms with Crippen molar-refractivity contribution < 1.29 is 0 Å². The smallest absolute Gasteiger partial charge is 0.240 e. The van der Waals surface area contributed by atoms with Gasteiger partial charge in [0.2, 0.25) is 5.95 Å². The van der Waals surface area contributed by atoms with Crippen molar-refractivity contribution in [2.75, 3.05) is 5.73 Å². The van der Waals surface area contributed by atoms with Crippen LogP contribution in [0, 0.1) is 6.92 Å². The maximum absolute atomic E-state index is 5.64. The summed E-state index contributed by atoms with van der Waals surface area (Å²) in [5.41, 5.74) is 8.45. The molecule has 0 saturated carbocycles. The average molecular weight is 170 g/mol. The molecule has 2 aromatic rings. The summed E-state index contributed by atoms with van der Waals surface area (Å²) in [5, 5.41) is 7.54. The molecule has 5 heteroatoms. The predicted molar refractivity (Wildman–Crippen MR) is 51.9 cm³/mol. The van der Waals surface area contributed by atoms with Gasteiger partial charge < -0.3 is 5.73 Å². The fourth-order valence-electron chi connectivity index (χ4n) is 1.25. The van der Waals surface area contributed by atoms with E-state index in [0.29, 0.717) is 11.0 Å². The van der Waals surface area contributed by atoms with Crippen LogP contribution in [0.3, 0.4) is 0 Å². The largest absolute Gasteiger partial charge is 0.366 e. The minimum atomic E-state index is 0.181. The van der Waals surface area contributed by atoms with Gasteiger partial charge in [-0.25, -0.2) is 4.98 Å². The van der Waals surface area contributed by atoms with Crippen LogP contribution in [-0.2, 0) is 0 Å². The van der Waals surface area contributed by atoms with Crippen LogP contribution in [-0.4, -0.2) is 23.0 Å². The second-order valence-electron chi connectivity index (χ2n) is 2.88. The maximum atomic E-state index is 5.64. The fourth-order valence-corrected chi connectivity index (χ4v) is 1.25. The molecule has 0 aliphatic heterocycles. The number of nitrogens with two attached hydrogens (primary N) is 1. The van der Waals surface area contributed by atoms with Crippen molar-refractivity contribution in [2.24, 2.45) is 0 Å². The first-order valence-corrected chi connectivity index (χ1v) is 3.83. The van der Waals surface area contributed by atoms with Crippen molar-refractivity contribution in [3.63, 3.8) is 0 Å². The summed E-state index contributed by atoms with van der Waals surface area (Å²) < 4.78 is 0. The zero-order valence-electron chi connectivity index (χ0n) is 7.15. The van der Waals surface area contributed by atoms with E-state index in [-0.39, 0.29) is 5.95 Å². The lowest BCUT2D eigenvalue weighted by atomic mass is 9.94. The Bertz CT molecular complexity index is 469. The summed E-state index contributed by atoms with van der Waals surface area (Å²) in [6, 6.07) is 3.55. The van der Waals surface area contributed by atoms with Gasteiger partial charge in [0.05, 0.1) is 5.52 Å². The fraction of sp³-hybridized carbons (Fsp3) is 0.125. The van der Waals surface area contributed by atoms with E-state index in [1.165, 1.54) is 0 Å². The quantitative estimate of drug-likeness (QED) is 0.551. The van der Waals surface area contributed by atoms with E-state index >= 15 is 0 Å². The summed E-state index contributed by atoms with van der Waals surface area (Å²) in [6.45, 7) is 1.91. The Labute approximate surface area is 76.6 Å². The topological polar surface area (TPSA) is 64.7 Å².